The Morgan fingerprint density at radius 3 is 2.67 bits per heavy atom. The number of hydrogen-bond acceptors (Lipinski definition) is 4. The van der Waals surface area contributed by atoms with Crippen LogP contribution in [0.3, 0.4) is 0 Å². The van der Waals surface area contributed by atoms with Crippen molar-refractivity contribution in [2.24, 2.45) is 0 Å². The van der Waals surface area contributed by atoms with Crippen LogP contribution in [0, 0.1) is 5.82 Å². The summed E-state index contributed by atoms with van der Waals surface area (Å²) in [5.74, 6) is -0.874. The summed E-state index contributed by atoms with van der Waals surface area (Å²) in [4.78, 5) is -0.511. The van der Waals surface area contributed by atoms with Gasteiger partial charge in [-0.1, -0.05) is 6.07 Å². The number of hydrogen-bond donors (Lipinski definition) is 2. The maximum Gasteiger partial charge on any atom is 0.248 e. The molecule has 0 spiro atoms. The van der Waals surface area contributed by atoms with Crippen LogP contribution in [0.15, 0.2) is 23.1 Å². The lowest BCUT2D eigenvalue weighted by Crippen LogP contribution is -2.34. The van der Waals surface area contributed by atoms with E-state index in [1.54, 1.807) is 6.92 Å². The summed E-state index contributed by atoms with van der Waals surface area (Å²) in [7, 11) is -4.00. The molecule has 7 heteroatoms. The fourth-order valence-corrected chi connectivity index (χ4v) is 3.75. The van der Waals surface area contributed by atoms with Gasteiger partial charge < -0.3 is 10.8 Å². The van der Waals surface area contributed by atoms with Crippen molar-refractivity contribution in [1.29, 1.82) is 0 Å². The number of sulfonamides is 1. The molecule has 0 amide bonds. The molecule has 18 heavy (non-hydrogen) atoms. The van der Waals surface area contributed by atoms with E-state index in [2.05, 4.69) is 0 Å². The molecule has 100 valence electrons. The van der Waals surface area contributed by atoms with Gasteiger partial charge in [-0.2, -0.15) is 4.31 Å². The Labute approximate surface area is 105 Å². The van der Waals surface area contributed by atoms with E-state index in [0.717, 1.165) is 10.4 Å². The van der Waals surface area contributed by atoms with Crippen molar-refractivity contribution in [3.05, 3.63) is 24.0 Å². The lowest BCUT2D eigenvalue weighted by molar-refractivity contribution is 0.0762. The third kappa shape index (κ3) is 2.21. The fraction of sp³-hybridized carbons (Fsp3) is 0.455. The van der Waals surface area contributed by atoms with E-state index in [9.17, 15) is 17.9 Å². The molecule has 2 rings (SSSR count). The van der Waals surface area contributed by atoms with Crippen molar-refractivity contribution in [3.8, 4) is 0 Å². The highest BCUT2D eigenvalue weighted by Crippen LogP contribution is 2.30. The molecule has 1 unspecified atom stereocenters. The minimum atomic E-state index is -4.00. The van der Waals surface area contributed by atoms with Gasteiger partial charge in [0, 0.05) is 13.1 Å². The first-order valence-corrected chi connectivity index (χ1v) is 6.94. The molecule has 5 nitrogen and oxygen atoms in total. The summed E-state index contributed by atoms with van der Waals surface area (Å²) in [5.41, 5.74) is 4.33. The predicted octanol–water partition coefficient (Wildman–Crippen LogP) is 0.553. The second-order valence-corrected chi connectivity index (χ2v) is 6.62. The van der Waals surface area contributed by atoms with E-state index in [0.29, 0.717) is 6.42 Å². The van der Waals surface area contributed by atoms with Gasteiger partial charge in [-0.3, -0.25) is 0 Å². The van der Waals surface area contributed by atoms with E-state index in [4.69, 9.17) is 5.73 Å². The molecule has 0 aliphatic carbocycles. The first-order chi connectivity index (χ1) is 8.24. The summed E-state index contributed by atoms with van der Waals surface area (Å²) in [5, 5.41) is 9.78. The minimum Gasteiger partial charge on any atom is -0.398 e. The molecule has 3 N–H and O–H groups in total. The van der Waals surface area contributed by atoms with E-state index < -0.39 is 26.3 Å². The largest absolute Gasteiger partial charge is 0.398 e. The summed E-state index contributed by atoms with van der Waals surface area (Å²) >= 11 is 0. The molecule has 1 aliphatic heterocycles. The van der Waals surface area contributed by atoms with Gasteiger partial charge in [0.15, 0.2) is 0 Å². The van der Waals surface area contributed by atoms with Gasteiger partial charge >= 0.3 is 0 Å². The third-order valence-corrected chi connectivity index (χ3v) is 4.95. The first-order valence-electron chi connectivity index (χ1n) is 5.50. The van der Waals surface area contributed by atoms with Gasteiger partial charge in [0.2, 0.25) is 10.0 Å². The van der Waals surface area contributed by atoms with Crippen molar-refractivity contribution in [2.45, 2.75) is 23.8 Å². The fourth-order valence-electron chi connectivity index (χ4n) is 2.04. The predicted molar refractivity (Wildman–Crippen MR) is 64.8 cm³/mol. The van der Waals surface area contributed by atoms with Gasteiger partial charge in [-0.05, 0) is 25.5 Å². The lowest BCUT2D eigenvalue weighted by atomic mass is 10.1. The number of nitrogen functional groups attached to an aromatic ring is 1. The number of β-amino-alcohol motifs (C(OH)–C–C–N with tert-alkyl or cyclic N) is 1. The van der Waals surface area contributed by atoms with Crippen LogP contribution in [-0.2, 0) is 10.0 Å². The second kappa shape index (κ2) is 4.18. The SMILES string of the molecule is CC1(O)CCN(S(=O)(=O)c2c(N)cccc2F)C1. The van der Waals surface area contributed by atoms with Crippen LogP contribution in [0.5, 0.6) is 0 Å². The summed E-state index contributed by atoms with van der Waals surface area (Å²) < 4.78 is 39.2. The molecule has 0 saturated carbocycles. The quantitative estimate of drug-likeness (QED) is 0.772. The standard InChI is InChI=1S/C11H15FN2O3S/c1-11(15)5-6-14(7-11)18(16,17)10-8(12)3-2-4-9(10)13/h2-4,15H,5-7,13H2,1H3. The van der Waals surface area contributed by atoms with Crippen LogP contribution in [0.25, 0.3) is 0 Å². The molecule has 1 aromatic carbocycles. The Hall–Kier alpha value is -1.18. The molecule has 1 saturated heterocycles. The van der Waals surface area contributed by atoms with Crippen LogP contribution in [0.4, 0.5) is 10.1 Å². The Morgan fingerprint density at radius 1 is 1.50 bits per heavy atom. The van der Waals surface area contributed by atoms with Crippen molar-refractivity contribution in [3.63, 3.8) is 0 Å². The normalized spacial score (nSPS) is 25.5. The summed E-state index contributed by atoms with van der Waals surface area (Å²) in [6.07, 6.45) is 0.320. The van der Waals surface area contributed by atoms with Gasteiger partial charge in [-0.25, -0.2) is 12.8 Å². The zero-order valence-corrected chi connectivity index (χ0v) is 10.7. The molecular formula is C11H15FN2O3S. The number of halogens is 1. The number of anilines is 1. The number of nitrogens with two attached hydrogens (primary N) is 1. The van der Waals surface area contributed by atoms with Gasteiger partial charge in [0.1, 0.15) is 10.7 Å². The molecule has 1 aromatic rings. The molecular weight excluding hydrogens is 259 g/mol. The average Bonchev–Trinajstić information content (AvgIpc) is 2.59. The van der Waals surface area contributed by atoms with E-state index in [-0.39, 0.29) is 18.8 Å². The van der Waals surface area contributed by atoms with Crippen LogP contribution >= 0.6 is 0 Å². The van der Waals surface area contributed by atoms with E-state index >= 15 is 0 Å². The number of aliphatic hydroxyl groups is 1. The van der Waals surface area contributed by atoms with Crippen molar-refractivity contribution in [2.75, 3.05) is 18.8 Å². The molecule has 1 heterocycles. The molecule has 0 bridgehead atoms. The van der Waals surface area contributed by atoms with Crippen LogP contribution in [-0.4, -0.2) is 36.5 Å². The molecule has 1 aliphatic rings. The van der Waals surface area contributed by atoms with Gasteiger partial charge in [-0.15, -0.1) is 0 Å². The Balaban J connectivity index is 2.44. The number of benzene rings is 1. The maximum absolute atomic E-state index is 13.6. The first kappa shape index (κ1) is 13.3. The Bertz CT molecular complexity index is 551. The zero-order valence-electron chi connectivity index (χ0n) is 9.93. The van der Waals surface area contributed by atoms with Crippen molar-refractivity contribution < 1.29 is 17.9 Å². The average molecular weight is 274 g/mol. The van der Waals surface area contributed by atoms with Crippen LogP contribution in [0.1, 0.15) is 13.3 Å². The van der Waals surface area contributed by atoms with Crippen molar-refractivity contribution >= 4 is 15.7 Å². The smallest absolute Gasteiger partial charge is 0.248 e. The van der Waals surface area contributed by atoms with E-state index in [1.165, 1.54) is 12.1 Å². The number of nitrogens with zero attached hydrogens (tertiary/aromatic N) is 1. The van der Waals surface area contributed by atoms with Gasteiger partial charge in [0.05, 0.1) is 11.3 Å². The minimum absolute atomic E-state index is 0.0525. The highest BCUT2D eigenvalue weighted by Gasteiger charge is 2.40. The maximum atomic E-state index is 13.6. The molecule has 1 fully saturated rings. The summed E-state index contributed by atoms with van der Waals surface area (Å²) in [6.45, 7) is 1.65. The topological polar surface area (TPSA) is 83.6 Å². The zero-order chi connectivity index (χ0) is 13.6. The number of rotatable bonds is 2. The lowest BCUT2D eigenvalue weighted by Gasteiger charge is -2.20. The highest BCUT2D eigenvalue weighted by atomic mass is 32.2. The van der Waals surface area contributed by atoms with Crippen molar-refractivity contribution in [1.82, 2.24) is 4.31 Å². The summed E-state index contributed by atoms with van der Waals surface area (Å²) in [6, 6.07) is 3.74. The Kier molecular flexibility index (Phi) is 3.08. The second-order valence-electron chi connectivity index (χ2n) is 4.74. The third-order valence-electron chi connectivity index (χ3n) is 3.01. The molecule has 1 atom stereocenters. The van der Waals surface area contributed by atoms with Crippen LogP contribution in [0.2, 0.25) is 0 Å². The van der Waals surface area contributed by atoms with E-state index in [1.807, 2.05) is 0 Å². The van der Waals surface area contributed by atoms with Gasteiger partial charge in [0.25, 0.3) is 0 Å². The molecule has 0 radical (unpaired) electrons. The highest BCUT2D eigenvalue weighted by molar-refractivity contribution is 7.89. The Morgan fingerprint density at radius 2 is 2.17 bits per heavy atom. The molecule has 0 aromatic heterocycles. The monoisotopic (exact) mass is 274 g/mol. The van der Waals surface area contributed by atoms with Crippen LogP contribution < -0.4 is 5.73 Å².